The largest absolute Gasteiger partial charge is 0.508 e. The summed E-state index contributed by atoms with van der Waals surface area (Å²) in [5, 5.41) is 12.1. The first-order chi connectivity index (χ1) is 6.75. The van der Waals surface area contributed by atoms with Gasteiger partial charge in [0.15, 0.2) is 0 Å². The number of benzene rings is 1. The number of rotatable bonds is 0. The van der Waals surface area contributed by atoms with Gasteiger partial charge in [-0.1, -0.05) is 0 Å². The molecule has 0 bridgehead atoms. The third kappa shape index (κ3) is 1.87. The van der Waals surface area contributed by atoms with Gasteiger partial charge < -0.3 is 10.4 Å². The lowest BCUT2D eigenvalue weighted by Gasteiger charge is -2.14. The van der Waals surface area contributed by atoms with Crippen LogP contribution in [-0.2, 0) is 11.2 Å². The Balaban J connectivity index is 2.34. The Bertz CT molecular complexity index is 360. The molecular formula is C11H13NO2. The van der Waals surface area contributed by atoms with E-state index in [-0.39, 0.29) is 11.7 Å². The molecule has 3 nitrogen and oxygen atoms in total. The SMILES string of the molecule is O=C1CCCCc2cc(O)ccc2N1. The maximum atomic E-state index is 11.3. The molecule has 0 saturated carbocycles. The zero-order valence-electron chi connectivity index (χ0n) is 7.92. The van der Waals surface area contributed by atoms with Gasteiger partial charge in [-0.25, -0.2) is 0 Å². The molecule has 14 heavy (non-hydrogen) atoms. The van der Waals surface area contributed by atoms with Crippen molar-refractivity contribution >= 4 is 11.6 Å². The van der Waals surface area contributed by atoms with Crippen LogP contribution in [0.4, 0.5) is 5.69 Å². The number of aromatic hydroxyl groups is 1. The van der Waals surface area contributed by atoms with Gasteiger partial charge in [0.2, 0.25) is 5.91 Å². The lowest BCUT2D eigenvalue weighted by Crippen LogP contribution is -2.14. The lowest BCUT2D eigenvalue weighted by molar-refractivity contribution is -0.116. The molecule has 0 spiro atoms. The van der Waals surface area contributed by atoms with E-state index in [0.717, 1.165) is 30.5 Å². The summed E-state index contributed by atoms with van der Waals surface area (Å²) in [6.45, 7) is 0. The number of carbonyl (C=O) groups is 1. The van der Waals surface area contributed by atoms with E-state index in [1.54, 1.807) is 18.2 Å². The molecule has 0 saturated heterocycles. The standard InChI is InChI=1S/C11H13NO2/c13-9-5-6-10-8(7-9)3-1-2-4-11(14)12-10/h5-7,13H,1-4H2,(H,12,14). The van der Waals surface area contributed by atoms with Gasteiger partial charge in [-0.2, -0.15) is 0 Å². The maximum absolute atomic E-state index is 11.3. The zero-order chi connectivity index (χ0) is 9.97. The van der Waals surface area contributed by atoms with Gasteiger partial charge in [-0.15, -0.1) is 0 Å². The molecule has 0 aromatic heterocycles. The number of aryl methyl sites for hydroxylation is 1. The first kappa shape index (κ1) is 9.06. The average Bonchev–Trinajstić information content (AvgIpc) is 2.13. The van der Waals surface area contributed by atoms with Crippen molar-refractivity contribution in [3.63, 3.8) is 0 Å². The van der Waals surface area contributed by atoms with Crippen LogP contribution >= 0.6 is 0 Å². The molecule has 0 aliphatic carbocycles. The van der Waals surface area contributed by atoms with E-state index < -0.39 is 0 Å². The highest BCUT2D eigenvalue weighted by atomic mass is 16.3. The van der Waals surface area contributed by atoms with Crippen molar-refractivity contribution in [3.8, 4) is 5.75 Å². The number of phenols is 1. The summed E-state index contributed by atoms with van der Waals surface area (Å²) in [6.07, 6.45) is 3.44. The van der Waals surface area contributed by atoms with Gasteiger partial charge in [0.1, 0.15) is 5.75 Å². The van der Waals surface area contributed by atoms with E-state index in [1.807, 2.05) is 0 Å². The third-order valence-corrected chi connectivity index (χ3v) is 2.46. The first-order valence-corrected chi connectivity index (χ1v) is 4.87. The molecule has 0 radical (unpaired) electrons. The quantitative estimate of drug-likeness (QED) is 0.616. The highest BCUT2D eigenvalue weighted by Gasteiger charge is 2.11. The van der Waals surface area contributed by atoms with Crippen molar-refractivity contribution in [2.75, 3.05) is 5.32 Å². The third-order valence-electron chi connectivity index (χ3n) is 2.46. The summed E-state index contributed by atoms with van der Waals surface area (Å²) in [4.78, 5) is 11.3. The van der Waals surface area contributed by atoms with Gasteiger partial charge in [0.05, 0.1) is 0 Å². The maximum Gasteiger partial charge on any atom is 0.224 e. The lowest BCUT2D eigenvalue weighted by atomic mass is 10.0. The van der Waals surface area contributed by atoms with Gasteiger partial charge in [-0.3, -0.25) is 4.79 Å². The van der Waals surface area contributed by atoms with Crippen LogP contribution in [-0.4, -0.2) is 11.0 Å². The molecule has 1 aromatic rings. The fourth-order valence-electron chi connectivity index (χ4n) is 1.72. The van der Waals surface area contributed by atoms with E-state index in [0.29, 0.717) is 6.42 Å². The summed E-state index contributed by atoms with van der Waals surface area (Å²) in [6, 6.07) is 5.08. The number of nitrogens with one attached hydrogen (secondary N) is 1. The molecule has 74 valence electrons. The van der Waals surface area contributed by atoms with Crippen molar-refractivity contribution in [3.05, 3.63) is 23.8 Å². The predicted octanol–water partition coefficient (Wildman–Crippen LogP) is 2.06. The molecule has 2 rings (SSSR count). The number of hydrogen-bond acceptors (Lipinski definition) is 2. The van der Waals surface area contributed by atoms with E-state index >= 15 is 0 Å². The number of amides is 1. The summed E-state index contributed by atoms with van der Waals surface area (Å²) in [7, 11) is 0. The molecule has 3 heteroatoms. The number of carbonyl (C=O) groups excluding carboxylic acids is 1. The molecule has 1 heterocycles. The second-order valence-electron chi connectivity index (χ2n) is 3.60. The van der Waals surface area contributed by atoms with Crippen molar-refractivity contribution in [2.24, 2.45) is 0 Å². The van der Waals surface area contributed by atoms with Crippen LogP contribution in [0.1, 0.15) is 24.8 Å². The number of fused-ring (bicyclic) bond motifs is 1. The molecule has 0 unspecified atom stereocenters. The fraction of sp³-hybridized carbons (Fsp3) is 0.364. The van der Waals surface area contributed by atoms with Crippen molar-refractivity contribution in [2.45, 2.75) is 25.7 Å². The van der Waals surface area contributed by atoms with Crippen LogP contribution in [0.15, 0.2) is 18.2 Å². The Hall–Kier alpha value is -1.51. The van der Waals surface area contributed by atoms with Gasteiger partial charge >= 0.3 is 0 Å². The van der Waals surface area contributed by atoms with E-state index in [1.165, 1.54) is 0 Å². The van der Waals surface area contributed by atoms with Gasteiger partial charge in [0.25, 0.3) is 0 Å². The Morgan fingerprint density at radius 3 is 2.86 bits per heavy atom. The number of hydrogen-bond donors (Lipinski definition) is 2. The van der Waals surface area contributed by atoms with Crippen LogP contribution in [0.5, 0.6) is 5.75 Å². The zero-order valence-corrected chi connectivity index (χ0v) is 7.92. The van der Waals surface area contributed by atoms with Crippen molar-refractivity contribution in [1.82, 2.24) is 0 Å². The van der Waals surface area contributed by atoms with Crippen LogP contribution in [0.25, 0.3) is 0 Å². The summed E-state index contributed by atoms with van der Waals surface area (Å²) in [5.41, 5.74) is 1.87. The van der Waals surface area contributed by atoms with Gasteiger partial charge in [-0.05, 0) is 43.0 Å². The highest BCUT2D eigenvalue weighted by molar-refractivity contribution is 5.91. The van der Waals surface area contributed by atoms with Crippen LogP contribution < -0.4 is 5.32 Å². The van der Waals surface area contributed by atoms with Crippen molar-refractivity contribution < 1.29 is 9.90 Å². The molecule has 0 atom stereocenters. The second-order valence-corrected chi connectivity index (χ2v) is 3.60. The first-order valence-electron chi connectivity index (χ1n) is 4.87. The summed E-state index contributed by atoms with van der Waals surface area (Å²) < 4.78 is 0. The van der Waals surface area contributed by atoms with Crippen molar-refractivity contribution in [1.29, 1.82) is 0 Å². The smallest absolute Gasteiger partial charge is 0.224 e. The Kier molecular flexibility index (Phi) is 2.39. The highest BCUT2D eigenvalue weighted by Crippen LogP contribution is 2.25. The average molecular weight is 191 g/mol. The topological polar surface area (TPSA) is 49.3 Å². The Labute approximate surface area is 82.8 Å². The number of phenolic OH excluding ortho intramolecular Hbond substituents is 1. The normalized spacial score (nSPS) is 16.4. The Morgan fingerprint density at radius 1 is 1.21 bits per heavy atom. The molecule has 1 aliphatic rings. The monoisotopic (exact) mass is 191 g/mol. The van der Waals surface area contributed by atoms with E-state index in [2.05, 4.69) is 5.32 Å². The molecule has 2 N–H and O–H groups in total. The van der Waals surface area contributed by atoms with Crippen LogP contribution in [0.3, 0.4) is 0 Å². The second kappa shape index (κ2) is 3.70. The minimum Gasteiger partial charge on any atom is -0.508 e. The molecule has 0 fully saturated rings. The molecule has 1 aliphatic heterocycles. The summed E-state index contributed by atoms with van der Waals surface area (Å²) >= 11 is 0. The summed E-state index contributed by atoms with van der Waals surface area (Å²) in [5.74, 6) is 0.329. The molecular weight excluding hydrogens is 178 g/mol. The Morgan fingerprint density at radius 2 is 2.00 bits per heavy atom. The molecule has 1 aromatic carbocycles. The van der Waals surface area contributed by atoms with E-state index in [9.17, 15) is 9.90 Å². The van der Waals surface area contributed by atoms with Crippen LogP contribution in [0.2, 0.25) is 0 Å². The fourth-order valence-corrected chi connectivity index (χ4v) is 1.72. The minimum absolute atomic E-state index is 0.0663. The predicted molar refractivity (Wildman–Crippen MR) is 54.3 cm³/mol. The van der Waals surface area contributed by atoms with Gasteiger partial charge in [0, 0.05) is 12.1 Å². The molecule has 1 amide bonds. The van der Waals surface area contributed by atoms with Crippen LogP contribution in [0, 0.1) is 0 Å². The van der Waals surface area contributed by atoms with E-state index in [4.69, 9.17) is 0 Å². The number of anilines is 1. The minimum atomic E-state index is 0.0663.